The van der Waals surface area contributed by atoms with E-state index in [1.165, 1.54) is 71.2 Å². The Hall–Kier alpha value is -0.0400. The maximum Gasteiger partial charge on any atom is 0.193 e. The Kier molecular flexibility index (Phi) is 10.5. The summed E-state index contributed by atoms with van der Waals surface area (Å²) in [4.78, 5) is 9.66. The van der Waals surface area contributed by atoms with Crippen LogP contribution in [0.3, 0.4) is 0 Å². The minimum Gasteiger partial charge on any atom is -0.356 e. The van der Waals surface area contributed by atoms with Gasteiger partial charge < -0.3 is 15.1 Å². The number of piperidine rings is 1. The Morgan fingerprint density at radius 2 is 1.83 bits per heavy atom. The van der Waals surface area contributed by atoms with Gasteiger partial charge in [0.1, 0.15) is 0 Å². The van der Waals surface area contributed by atoms with Crippen LogP contribution in [0.25, 0.3) is 0 Å². The van der Waals surface area contributed by atoms with Crippen LogP contribution in [0.15, 0.2) is 4.99 Å². The second-order valence-corrected chi connectivity index (χ2v) is 7.07. The molecule has 0 aromatic carbocycles. The van der Waals surface area contributed by atoms with E-state index < -0.39 is 0 Å². The molecule has 0 aromatic rings. The Bertz CT molecular complexity index is 338. The summed E-state index contributed by atoms with van der Waals surface area (Å²) in [6.45, 7) is 11.9. The molecule has 0 aliphatic carbocycles. The topological polar surface area (TPSA) is 30.9 Å². The number of rotatable bonds is 6. The second kappa shape index (κ2) is 11.5. The Labute approximate surface area is 160 Å². The molecule has 1 atom stereocenters. The van der Waals surface area contributed by atoms with E-state index in [0.29, 0.717) is 0 Å². The molecule has 2 aliphatic rings. The monoisotopic (exact) mass is 436 g/mol. The van der Waals surface area contributed by atoms with E-state index in [2.05, 4.69) is 34.0 Å². The third-order valence-corrected chi connectivity index (χ3v) is 5.47. The predicted octanol–water partition coefficient (Wildman–Crippen LogP) is 3.42. The minimum absolute atomic E-state index is 0. The van der Waals surface area contributed by atoms with Gasteiger partial charge in [-0.15, -0.1) is 24.0 Å². The Morgan fingerprint density at radius 1 is 1.13 bits per heavy atom. The fourth-order valence-electron chi connectivity index (χ4n) is 3.83. The fourth-order valence-corrected chi connectivity index (χ4v) is 3.83. The Morgan fingerprint density at radius 3 is 2.43 bits per heavy atom. The molecule has 0 amide bonds. The van der Waals surface area contributed by atoms with E-state index in [1.54, 1.807) is 0 Å². The van der Waals surface area contributed by atoms with Crippen LogP contribution in [0.2, 0.25) is 0 Å². The van der Waals surface area contributed by atoms with E-state index in [-0.39, 0.29) is 24.0 Å². The highest BCUT2D eigenvalue weighted by Gasteiger charge is 2.27. The van der Waals surface area contributed by atoms with Gasteiger partial charge in [-0.25, -0.2) is 0 Å². The van der Waals surface area contributed by atoms with Gasteiger partial charge in [0.05, 0.1) is 0 Å². The quantitative estimate of drug-likeness (QED) is 0.393. The molecule has 0 saturated carbocycles. The van der Waals surface area contributed by atoms with Crippen molar-refractivity contribution >= 4 is 29.9 Å². The fraction of sp³-hybridized carbons (Fsp3) is 0.944. The molecule has 2 heterocycles. The van der Waals surface area contributed by atoms with Crippen LogP contribution in [0.5, 0.6) is 0 Å². The lowest BCUT2D eigenvalue weighted by molar-refractivity contribution is 0.198. The van der Waals surface area contributed by atoms with E-state index in [0.717, 1.165) is 24.3 Å². The smallest absolute Gasteiger partial charge is 0.193 e. The third-order valence-electron chi connectivity index (χ3n) is 5.47. The molecular weight excluding hydrogens is 399 g/mol. The summed E-state index contributed by atoms with van der Waals surface area (Å²) in [5, 5.41) is 3.60. The van der Waals surface area contributed by atoms with E-state index in [4.69, 9.17) is 0 Å². The zero-order valence-corrected chi connectivity index (χ0v) is 17.7. The molecule has 5 heteroatoms. The van der Waals surface area contributed by atoms with Crippen LogP contribution in [-0.2, 0) is 0 Å². The predicted molar refractivity (Wildman–Crippen MR) is 111 cm³/mol. The number of nitrogens with zero attached hydrogens (tertiary/aromatic N) is 3. The third kappa shape index (κ3) is 6.77. The molecule has 136 valence electrons. The van der Waals surface area contributed by atoms with Crippen molar-refractivity contribution in [2.24, 2.45) is 16.8 Å². The van der Waals surface area contributed by atoms with Gasteiger partial charge in [0.2, 0.25) is 0 Å². The zero-order chi connectivity index (χ0) is 15.8. The number of hydrogen-bond acceptors (Lipinski definition) is 2. The van der Waals surface area contributed by atoms with Crippen LogP contribution in [0, 0.1) is 11.8 Å². The van der Waals surface area contributed by atoms with E-state index in [1.807, 2.05) is 7.05 Å². The van der Waals surface area contributed by atoms with Gasteiger partial charge in [-0.1, -0.05) is 33.1 Å². The lowest BCUT2D eigenvalue weighted by Crippen LogP contribution is -2.42. The summed E-state index contributed by atoms with van der Waals surface area (Å²) in [6.07, 6.45) is 8.04. The first kappa shape index (κ1) is 21.0. The van der Waals surface area contributed by atoms with Crippen LogP contribution >= 0.6 is 24.0 Å². The van der Waals surface area contributed by atoms with Crippen molar-refractivity contribution < 1.29 is 0 Å². The molecule has 2 fully saturated rings. The molecule has 2 aliphatic heterocycles. The van der Waals surface area contributed by atoms with E-state index in [9.17, 15) is 0 Å². The van der Waals surface area contributed by atoms with E-state index >= 15 is 0 Å². The van der Waals surface area contributed by atoms with Gasteiger partial charge in [-0.05, 0) is 44.2 Å². The Balaban J connectivity index is 0.00000264. The summed E-state index contributed by atoms with van der Waals surface area (Å²) in [6, 6.07) is 0. The largest absolute Gasteiger partial charge is 0.356 e. The number of aliphatic imine (C=N–C) groups is 1. The number of likely N-dealkylation sites (tertiary alicyclic amines) is 2. The molecule has 23 heavy (non-hydrogen) atoms. The van der Waals surface area contributed by atoms with Crippen molar-refractivity contribution in [1.82, 2.24) is 15.1 Å². The minimum atomic E-state index is 0. The lowest BCUT2D eigenvalue weighted by atomic mass is 10.0. The molecule has 0 spiro atoms. The number of hydrogen-bond donors (Lipinski definition) is 1. The highest BCUT2D eigenvalue weighted by Crippen LogP contribution is 2.20. The number of nitrogens with one attached hydrogen (secondary N) is 1. The molecule has 2 saturated heterocycles. The van der Waals surface area contributed by atoms with Crippen LogP contribution in [-0.4, -0.2) is 62.1 Å². The van der Waals surface area contributed by atoms with Gasteiger partial charge in [-0.3, -0.25) is 4.99 Å². The molecular formula is C18H37IN4. The summed E-state index contributed by atoms with van der Waals surface area (Å²) in [5.41, 5.74) is 0. The second-order valence-electron chi connectivity index (χ2n) is 7.07. The van der Waals surface area contributed by atoms with Gasteiger partial charge in [0, 0.05) is 33.2 Å². The molecule has 0 bridgehead atoms. The normalized spacial score (nSPS) is 23.2. The summed E-state index contributed by atoms with van der Waals surface area (Å²) >= 11 is 0. The highest BCUT2D eigenvalue weighted by atomic mass is 127. The van der Waals surface area contributed by atoms with Crippen molar-refractivity contribution in [2.45, 2.75) is 52.4 Å². The molecule has 0 aromatic heterocycles. The van der Waals surface area contributed by atoms with Crippen molar-refractivity contribution in [3.8, 4) is 0 Å². The summed E-state index contributed by atoms with van der Waals surface area (Å²) in [5.74, 6) is 2.71. The first-order valence-corrected chi connectivity index (χ1v) is 9.44. The van der Waals surface area contributed by atoms with Crippen molar-refractivity contribution in [1.29, 1.82) is 0 Å². The first-order valence-electron chi connectivity index (χ1n) is 9.44. The molecule has 1 N–H and O–H groups in total. The summed E-state index contributed by atoms with van der Waals surface area (Å²) < 4.78 is 0. The van der Waals surface area contributed by atoms with Gasteiger partial charge in [-0.2, -0.15) is 0 Å². The average Bonchev–Trinajstić information content (AvgIpc) is 3.01. The van der Waals surface area contributed by atoms with Gasteiger partial charge in [0.15, 0.2) is 5.96 Å². The van der Waals surface area contributed by atoms with Gasteiger partial charge >= 0.3 is 0 Å². The van der Waals surface area contributed by atoms with Crippen molar-refractivity contribution in [3.63, 3.8) is 0 Å². The van der Waals surface area contributed by atoms with Crippen molar-refractivity contribution in [2.75, 3.05) is 46.3 Å². The standard InChI is InChI=1S/C18H36N4.HI/c1-4-16(5-2)13-20-18(19-3)22-12-9-17(15-22)14-21-10-7-6-8-11-21;/h16-17H,4-15H2,1-3H3,(H,19,20);1H. The number of guanidine groups is 1. The zero-order valence-electron chi connectivity index (χ0n) is 15.4. The average molecular weight is 436 g/mol. The van der Waals surface area contributed by atoms with Crippen LogP contribution < -0.4 is 5.32 Å². The number of halogens is 1. The maximum atomic E-state index is 4.51. The van der Waals surface area contributed by atoms with Crippen LogP contribution in [0.4, 0.5) is 0 Å². The summed E-state index contributed by atoms with van der Waals surface area (Å²) in [7, 11) is 1.92. The molecule has 2 rings (SSSR count). The first-order chi connectivity index (χ1) is 10.8. The SMILES string of the molecule is CCC(CC)CNC(=NC)N1CCC(CN2CCCCC2)C1.I. The molecule has 1 unspecified atom stereocenters. The van der Waals surface area contributed by atoms with Crippen molar-refractivity contribution in [3.05, 3.63) is 0 Å². The molecule has 0 radical (unpaired) electrons. The van der Waals surface area contributed by atoms with Crippen LogP contribution in [0.1, 0.15) is 52.4 Å². The maximum absolute atomic E-state index is 4.51. The lowest BCUT2D eigenvalue weighted by Gasteiger charge is -2.29. The highest BCUT2D eigenvalue weighted by molar-refractivity contribution is 14.0. The van der Waals surface area contributed by atoms with Gasteiger partial charge in [0.25, 0.3) is 0 Å². The molecule has 4 nitrogen and oxygen atoms in total.